The molecule has 6 nitrogen and oxygen atoms in total. The van der Waals surface area contributed by atoms with Crippen LogP contribution < -0.4 is 5.73 Å². The lowest BCUT2D eigenvalue weighted by Crippen LogP contribution is -2.45. The molecule has 0 unspecified atom stereocenters. The molecule has 0 saturated carbocycles. The van der Waals surface area contributed by atoms with Gasteiger partial charge in [0.15, 0.2) is 5.69 Å². The van der Waals surface area contributed by atoms with Gasteiger partial charge in [-0.3, -0.25) is 4.79 Å². The van der Waals surface area contributed by atoms with Crippen molar-refractivity contribution in [3.63, 3.8) is 0 Å². The van der Waals surface area contributed by atoms with E-state index in [1.165, 1.54) is 0 Å². The smallest absolute Gasteiger partial charge is 0.278 e. The van der Waals surface area contributed by atoms with Gasteiger partial charge in [-0.1, -0.05) is 5.16 Å². The maximum absolute atomic E-state index is 11.6. The number of hydrogen-bond donors (Lipinski definition) is 1. The van der Waals surface area contributed by atoms with Gasteiger partial charge < -0.3 is 10.6 Å². The molecular formula is C8H12N4O2. The highest BCUT2D eigenvalue weighted by Gasteiger charge is 2.34. The van der Waals surface area contributed by atoms with E-state index in [9.17, 15) is 4.79 Å². The first-order valence-electron chi connectivity index (χ1n) is 4.37. The molecule has 0 spiro atoms. The van der Waals surface area contributed by atoms with E-state index >= 15 is 0 Å². The second-order valence-electron chi connectivity index (χ2n) is 4.21. The fraction of sp³-hybridized carbons (Fsp3) is 0.625. The number of carbonyl (C=O) groups excluding carboxylic acids is 1. The van der Waals surface area contributed by atoms with Gasteiger partial charge in [-0.2, -0.15) is 0 Å². The number of carbonyl (C=O) groups is 1. The van der Waals surface area contributed by atoms with Crippen molar-refractivity contribution >= 4 is 5.91 Å². The fourth-order valence-corrected chi connectivity index (χ4v) is 1.49. The minimum Gasteiger partial charge on any atom is -0.329 e. The number of amides is 1. The molecule has 0 aliphatic carbocycles. The van der Waals surface area contributed by atoms with Crippen LogP contribution in [0.3, 0.4) is 0 Å². The third-order valence-electron chi connectivity index (χ3n) is 1.99. The first-order valence-corrected chi connectivity index (χ1v) is 4.37. The SMILES string of the molecule is CC(C)(N)CN1Cc2nonc2C1=O. The summed E-state index contributed by atoms with van der Waals surface area (Å²) in [6.07, 6.45) is 0. The number of nitrogens with two attached hydrogens (primary N) is 1. The Bertz CT molecular complexity index is 366. The van der Waals surface area contributed by atoms with Gasteiger partial charge in [-0.05, 0) is 19.0 Å². The maximum atomic E-state index is 11.6. The molecule has 0 bridgehead atoms. The van der Waals surface area contributed by atoms with Crippen molar-refractivity contribution in [3.8, 4) is 0 Å². The maximum Gasteiger partial charge on any atom is 0.278 e. The predicted molar refractivity (Wildman–Crippen MR) is 47.3 cm³/mol. The van der Waals surface area contributed by atoms with Crippen LogP contribution in [0.5, 0.6) is 0 Å². The van der Waals surface area contributed by atoms with Crippen LogP contribution in [0.4, 0.5) is 0 Å². The Kier molecular flexibility index (Phi) is 1.81. The van der Waals surface area contributed by atoms with Crippen LogP contribution in [-0.4, -0.2) is 33.2 Å². The molecule has 0 radical (unpaired) electrons. The van der Waals surface area contributed by atoms with Crippen molar-refractivity contribution in [2.45, 2.75) is 25.9 Å². The molecular weight excluding hydrogens is 184 g/mol. The van der Waals surface area contributed by atoms with Crippen LogP contribution in [0.2, 0.25) is 0 Å². The normalized spacial score (nSPS) is 16.2. The highest BCUT2D eigenvalue weighted by atomic mass is 16.6. The molecule has 6 heteroatoms. The molecule has 1 amide bonds. The molecule has 14 heavy (non-hydrogen) atoms. The highest BCUT2D eigenvalue weighted by molar-refractivity contribution is 5.95. The van der Waals surface area contributed by atoms with Crippen molar-refractivity contribution in [1.82, 2.24) is 15.2 Å². The Balaban J connectivity index is 2.15. The Morgan fingerprint density at radius 1 is 1.57 bits per heavy atom. The Labute approximate surface area is 81.0 Å². The Morgan fingerprint density at radius 3 is 2.86 bits per heavy atom. The van der Waals surface area contributed by atoms with Crippen molar-refractivity contribution in [1.29, 1.82) is 0 Å². The standard InChI is InChI=1S/C8H12N4O2/c1-8(2,9)4-12-3-5-6(7(12)13)11-14-10-5/h3-4,9H2,1-2H3. The minimum atomic E-state index is -0.406. The van der Waals surface area contributed by atoms with E-state index in [0.29, 0.717) is 24.5 Å². The Hall–Kier alpha value is -1.43. The van der Waals surface area contributed by atoms with E-state index in [4.69, 9.17) is 5.73 Å². The van der Waals surface area contributed by atoms with Crippen LogP contribution in [0.1, 0.15) is 30.0 Å². The van der Waals surface area contributed by atoms with Crippen LogP contribution in [0, 0.1) is 0 Å². The second-order valence-corrected chi connectivity index (χ2v) is 4.21. The second kappa shape index (κ2) is 2.78. The summed E-state index contributed by atoms with van der Waals surface area (Å²) in [6.45, 7) is 4.67. The highest BCUT2D eigenvalue weighted by Crippen LogP contribution is 2.20. The summed E-state index contributed by atoms with van der Waals surface area (Å²) in [4.78, 5) is 13.3. The molecule has 2 N–H and O–H groups in total. The predicted octanol–water partition coefficient (Wildman–Crippen LogP) is -0.237. The van der Waals surface area contributed by atoms with Crippen LogP contribution in [0.25, 0.3) is 0 Å². The molecule has 0 atom stereocenters. The molecule has 0 saturated heterocycles. The monoisotopic (exact) mass is 196 g/mol. The summed E-state index contributed by atoms with van der Waals surface area (Å²) < 4.78 is 4.46. The van der Waals surface area contributed by atoms with E-state index in [0.717, 1.165) is 0 Å². The topological polar surface area (TPSA) is 85.2 Å². The third kappa shape index (κ3) is 1.48. The molecule has 1 aromatic heterocycles. The number of aromatic nitrogens is 2. The average Bonchev–Trinajstić information content (AvgIpc) is 2.55. The Morgan fingerprint density at radius 2 is 2.29 bits per heavy atom. The quantitative estimate of drug-likeness (QED) is 0.705. The van der Waals surface area contributed by atoms with Crippen molar-refractivity contribution in [2.75, 3.05) is 6.54 Å². The number of rotatable bonds is 2. The van der Waals surface area contributed by atoms with Gasteiger partial charge in [-0.15, -0.1) is 0 Å². The number of hydrogen-bond acceptors (Lipinski definition) is 5. The van der Waals surface area contributed by atoms with Crippen molar-refractivity contribution in [2.24, 2.45) is 5.73 Å². The van der Waals surface area contributed by atoms with Gasteiger partial charge in [0.1, 0.15) is 5.69 Å². The van der Waals surface area contributed by atoms with Gasteiger partial charge in [-0.25, -0.2) is 4.63 Å². The lowest BCUT2D eigenvalue weighted by Gasteiger charge is -2.25. The summed E-state index contributed by atoms with van der Waals surface area (Å²) in [5, 5.41) is 7.18. The van der Waals surface area contributed by atoms with E-state index in [1.807, 2.05) is 13.8 Å². The molecule has 76 valence electrons. The van der Waals surface area contributed by atoms with Gasteiger partial charge in [0.2, 0.25) is 0 Å². The van der Waals surface area contributed by atoms with E-state index in [-0.39, 0.29) is 5.91 Å². The molecule has 1 aliphatic rings. The molecule has 2 rings (SSSR count). The lowest BCUT2D eigenvalue weighted by molar-refractivity contribution is 0.0728. The molecule has 2 heterocycles. The zero-order valence-corrected chi connectivity index (χ0v) is 8.15. The summed E-state index contributed by atoms with van der Waals surface area (Å²) in [7, 11) is 0. The molecule has 1 aliphatic heterocycles. The van der Waals surface area contributed by atoms with Gasteiger partial charge in [0.25, 0.3) is 5.91 Å². The minimum absolute atomic E-state index is 0.153. The lowest BCUT2D eigenvalue weighted by atomic mass is 10.1. The van der Waals surface area contributed by atoms with Crippen molar-refractivity contribution in [3.05, 3.63) is 11.4 Å². The third-order valence-corrected chi connectivity index (χ3v) is 1.99. The first kappa shape index (κ1) is 9.14. The van der Waals surface area contributed by atoms with E-state index in [1.54, 1.807) is 4.90 Å². The molecule has 0 aromatic carbocycles. The fourth-order valence-electron chi connectivity index (χ4n) is 1.49. The average molecular weight is 196 g/mol. The first-order chi connectivity index (χ1) is 6.47. The van der Waals surface area contributed by atoms with E-state index < -0.39 is 5.54 Å². The van der Waals surface area contributed by atoms with Crippen molar-refractivity contribution < 1.29 is 9.42 Å². The summed E-state index contributed by atoms with van der Waals surface area (Å²) >= 11 is 0. The summed E-state index contributed by atoms with van der Waals surface area (Å²) in [6, 6.07) is 0. The zero-order chi connectivity index (χ0) is 10.3. The van der Waals surface area contributed by atoms with Gasteiger partial charge >= 0.3 is 0 Å². The number of nitrogens with zero attached hydrogens (tertiary/aromatic N) is 3. The van der Waals surface area contributed by atoms with Crippen LogP contribution in [0.15, 0.2) is 4.63 Å². The van der Waals surface area contributed by atoms with Gasteiger partial charge in [0, 0.05) is 12.1 Å². The van der Waals surface area contributed by atoms with Crippen LogP contribution in [-0.2, 0) is 6.54 Å². The summed E-state index contributed by atoms with van der Waals surface area (Å²) in [5.74, 6) is -0.153. The largest absolute Gasteiger partial charge is 0.329 e. The molecule has 1 aromatic rings. The zero-order valence-electron chi connectivity index (χ0n) is 8.15. The van der Waals surface area contributed by atoms with Gasteiger partial charge in [0.05, 0.1) is 6.54 Å². The van der Waals surface area contributed by atoms with E-state index in [2.05, 4.69) is 14.9 Å². The molecule has 0 fully saturated rings. The van der Waals surface area contributed by atoms with Crippen LogP contribution >= 0.6 is 0 Å². The number of fused-ring (bicyclic) bond motifs is 1. The summed E-state index contributed by atoms with van der Waals surface area (Å²) in [5.41, 5.74) is 6.33.